The number of halogens is 1. The van der Waals surface area contributed by atoms with Gasteiger partial charge in [0, 0.05) is 5.82 Å². The molecule has 0 amide bonds. The summed E-state index contributed by atoms with van der Waals surface area (Å²) in [5.41, 5.74) is 0.644. The molecule has 15 heavy (non-hydrogen) atoms. The lowest BCUT2D eigenvalue weighted by Gasteiger charge is -2.01. The van der Waals surface area contributed by atoms with Crippen molar-refractivity contribution in [1.29, 1.82) is 0 Å². The molecule has 3 nitrogen and oxygen atoms in total. The average molecular weight is 230 g/mol. The van der Waals surface area contributed by atoms with E-state index in [0.717, 1.165) is 5.82 Å². The second kappa shape index (κ2) is 5.10. The van der Waals surface area contributed by atoms with Crippen molar-refractivity contribution < 1.29 is 18.4 Å². The van der Waals surface area contributed by atoms with Crippen LogP contribution in [0.2, 0.25) is 0 Å². The van der Waals surface area contributed by atoms with Crippen LogP contribution >= 0.6 is 7.68 Å². The van der Waals surface area contributed by atoms with Crippen molar-refractivity contribution in [2.75, 3.05) is 6.61 Å². The molecule has 0 spiro atoms. The van der Waals surface area contributed by atoms with Crippen LogP contribution in [0, 0.1) is 0 Å². The van der Waals surface area contributed by atoms with Gasteiger partial charge in [0.05, 0.1) is 6.61 Å². The van der Waals surface area contributed by atoms with Gasteiger partial charge in [-0.25, -0.2) is 0 Å². The lowest BCUT2D eigenvalue weighted by atomic mass is 10.2. The van der Waals surface area contributed by atoms with Gasteiger partial charge < -0.3 is 9.63 Å². The molecule has 0 aliphatic carbocycles. The van der Waals surface area contributed by atoms with E-state index < -0.39 is 7.68 Å². The minimum atomic E-state index is -4.11. The highest BCUT2D eigenvalue weighted by Gasteiger charge is 2.15. The lowest BCUT2D eigenvalue weighted by Crippen LogP contribution is -1.80. The minimum Gasteiger partial charge on any atom is -0.508 e. The molecule has 1 rings (SSSR count). The van der Waals surface area contributed by atoms with Crippen molar-refractivity contribution in [1.82, 2.24) is 0 Å². The fourth-order valence-corrected chi connectivity index (χ4v) is 1.77. The largest absolute Gasteiger partial charge is 0.508 e. The monoisotopic (exact) mass is 230 g/mol. The molecule has 0 aromatic heterocycles. The number of hydrogen-bond donors (Lipinski definition) is 1. The smallest absolute Gasteiger partial charge is 0.390 e. The maximum absolute atomic E-state index is 13.1. The topological polar surface area (TPSA) is 46.5 Å². The van der Waals surface area contributed by atoms with Gasteiger partial charge in [-0.2, -0.15) is 4.20 Å². The van der Waals surface area contributed by atoms with E-state index >= 15 is 0 Å². The van der Waals surface area contributed by atoms with Crippen LogP contribution in [0.5, 0.6) is 5.75 Å². The zero-order valence-electron chi connectivity index (χ0n) is 8.26. The number of benzene rings is 1. The first-order chi connectivity index (χ1) is 7.03. The van der Waals surface area contributed by atoms with Crippen molar-refractivity contribution in [3.63, 3.8) is 0 Å². The third-order valence-corrected chi connectivity index (χ3v) is 2.76. The van der Waals surface area contributed by atoms with E-state index in [4.69, 9.17) is 5.11 Å². The number of aromatic hydroxyl groups is 1. The number of phenolic OH excluding ortho intramolecular Hbond substituents is 1. The first kappa shape index (κ1) is 12.0. The summed E-state index contributed by atoms with van der Waals surface area (Å²) >= 11 is 0. The van der Waals surface area contributed by atoms with Crippen LogP contribution in [0.15, 0.2) is 30.1 Å². The van der Waals surface area contributed by atoms with Gasteiger partial charge in [-0.3, -0.25) is 4.57 Å². The maximum Gasteiger partial charge on any atom is 0.390 e. The summed E-state index contributed by atoms with van der Waals surface area (Å²) in [6.45, 7) is 1.63. The van der Waals surface area contributed by atoms with Gasteiger partial charge in [0.1, 0.15) is 5.75 Å². The normalized spacial score (nSPS) is 15.3. The fraction of sp³-hybridized carbons (Fsp3) is 0.200. The SMILES string of the molecule is CCOP(=O)(F)C=Cc1ccc(O)cc1. The summed E-state index contributed by atoms with van der Waals surface area (Å²) in [6.07, 6.45) is 1.36. The van der Waals surface area contributed by atoms with E-state index in [1.807, 2.05) is 0 Å². The van der Waals surface area contributed by atoms with E-state index in [1.165, 1.54) is 18.2 Å². The van der Waals surface area contributed by atoms with Gasteiger partial charge in [0.2, 0.25) is 0 Å². The maximum atomic E-state index is 13.1. The Morgan fingerprint density at radius 3 is 2.60 bits per heavy atom. The van der Waals surface area contributed by atoms with E-state index in [2.05, 4.69) is 4.52 Å². The van der Waals surface area contributed by atoms with E-state index in [1.54, 1.807) is 19.1 Å². The van der Waals surface area contributed by atoms with Gasteiger partial charge in [0.15, 0.2) is 0 Å². The quantitative estimate of drug-likeness (QED) is 0.804. The summed E-state index contributed by atoms with van der Waals surface area (Å²) in [7, 11) is -4.11. The molecule has 1 unspecified atom stereocenters. The van der Waals surface area contributed by atoms with Crippen LogP contribution < -0.4 is 0 Å². The highest BCUT2D eigenvalue weighted by atomic mass is 31.2. The molecule has 1 N–H and O–H groups in total. The molecule has 82 valence electrons. The van der Waals surface area contributed by atoms with Gasteiger partial charge in [-0.05, 0) is 30.7 Å². The molecular weight excluding hydrogens is 218 g/mol. The van der Waals surface area contributed by atoms with E-state index in [-0.39, 0.29) is 12.4 Å². The summed E-state index contributed by atoms with van der Waals surface area (Å²) in [5.74, 6) is 1.03. The predicted octanol–water partition coefficient (Wildman–Crippen LogP) is 3.56. The lowest BCUT2D eigenvalue weighted by molar-refractivity contribution is 0.312. The van der Waals surface area contributed by atoms with Gasteiger partial charge in [-0.15, -0.1) is 0 Å². The first-order valence-electron chi connectivity index (χ1n) is 4.46. The standard InChI is InChI=1S/C10H12FO3P/c1-2-14-15(11,13)8-7-9-3-5-10(12)6-4-9/h3-8,12H,2H2,1H3. The summed E-state index contributed by atoms with van der Waals surface area (Å²) in [6, 6.07) is 6.09. The molecule has 0 aliphatic rings. The van der Waals surface area contributed by atoms with Crippen LogP contribution in [0.3, 0.4) is 0 Å². The van der Waals surface area contributed by atoms with Crippen LogP contribution in [0.1, 0.15) is 12.5 Å². The summed E-state index contributed by atoms with van der Waals surface area (Å²) < 4.78 is 28.5. The Bertz CT molecular complexity index is 386. The number of phenols is 1. The van der Waals surface area contributed by atoms with Crippen molar-refractivity contribution in [3.05, 3.63) is 35.6 Å². The molecule has 5 heteroatoms. The van der Waals surface area contributed by atoms with Crippen LogP contribution in [-0.2, 0) is 9.09 Å². The first-order valence-corrected chi connectivity index (χ1v) is 6.04. The van der Waals surface area contributed by atoms with Crippen molar-refractivity contribution in [2.24, 2.45) is 0 Å². The average Bonchev–Trinajstić information content (AvgIpc) is 2.17. The van der Waals surface area contributed by atoms with Crippen LogP contribution in [0.25, 0.3) is 6.08 Å². The van der Waals surface area contributed by atoms with Gasteiger partial charge in [0.25, 0.3) is 0 Å². The molecule has 0 saturated heterocycles. The second-order valence-electron chi connectivity index (χ2n) is 2.85. The highest BCUT2D eigenvalue weighted by Crippen LogP contribution is 2.50. The summed E-state index contributed by atoms with van der Waals surface area (Å²) in [5, 5.41) is 8.99. The minimum absolute atomic E-state index is 0.0632. The van der Waals surface area contributed by atoms with E-state index in [9.17, 15) is 8.76 Å². The van der Waals surface area contributed by atoms with Crippen molar-refractivity contribution in [2.45, 2.75) is 6.92 Å². The Balaban J connectivity index is 2.73. The number of rotatable bonds is 4. The zero-order chi connectivity index (χ0) is 11.3. The Kier molecular flexibility index (Phi) is 4.06. The highest BCUT2D eigenvalue weighted by molar-refractivity contribution is 7.57. The van der Waals surface area contributed by atoms with E-state index in [0.29, 0.717) is 5.56 Å². The zero-order valence-corrected chi connectivity index (χ0v) is 9.15. The summed E-state index contributed by atoms with van der Waals surface area (Å²) in [4.78, 5) is 0. The third kappa shape index (κ3) is 4.28. The third-order valence-electron chi connectivity index (χ3n) is 1.64. The molecule has 0 fully saturated rings. The molecule has 1 aromatic carbocycles. The fourth-order valence-electron chi connectivity index (χ4n) is 0.980. The van der Waals surface area contributed by atoms with Gasteiger partial charge >= 0.3 is 7.68 Å². The molecular formula is C10H12FO3P. The Labute approximate surface area is 87.8 Å². The van der Waals surface area contributed by atoms with Gasteiger partial charge in [-0.1, -0.05) is 12.1 Å². The molecule has 1 aromatic rings. The van der Waals surface area contributed by atoms with Crippen LogP contribution in [-0.4, -0.2) is 11.7 Å². The number of hydrogen-bond acceptors (Lipinski definition) is 3. The second-order valence-corrected chi connectivity index (χ2v) is 4.44. The van der Waals surface area contributed by atoms with Crippen molar-refractivity contribution in [3.8, 4) is 5.75 Å². The molecule has 0 radical (unpaired) electrons. The molecule has 0 aliphatic heterocycles. The molecule has 0 heterocycles. The Morgan fingerprint density at radius 1 is 1.47 bits per heavy atom. The van der Waals surface area contributed by atoms with Crippen molar-refractivity contribution >= 4 is 13.8 Å². The molecule has 1 atom stereocenters. The molecule has 0 saturated carbocycles. The van der Waals surface area contributed by atoms with Crippen LogP contribution in [0.4, 0.5) is 4.20 Å². The Hall–Kier alpha value is -1.12. The predicted molar refractivity (Wildman–Crippen MR) is 57.5 cm³/mol. The Morgan fingerprint density at radius 2 is 2.07 bits per heavy atom. The molecule has 0 bridgehead atoms.